The van der Waals surface area contributed by atoms with Crippen molar-refractivity contribution in [2.45, 2.75) is 29.9 Å². The number of fused-ring (bicyclic) bond motifs is 2. The summed E-state index contributed by atoms with van der Waals surface area (Å²) in [7, 11) is -3.77. The van der Waals surface area contributed by atoms with Crippen LogP contribution in [0.5, 0.6) is 0 Å². The van der Waals surface area contributed by atoms with E-state index in [1.54, 1.807) is 0 Å². The molecule has 1 heterocycles. The van der Waals surface area contributed by atoms with E-state index in [0.29, 0.717) is 18.4 Å². The third kappa shape index (κ3) is 2.47. The number of aromatic nitrogens is 1. The lowest BCUT2D eigenvalue weighted by atomic mass is 9.89. The smallest absolute Gasteiger partial charge is 0.356 e. The number of hydrogen-bond donors (Lipinski definition) is 2. The van der Waals surface area contributed by atoms with Crippen LogP contribution >= 0.6 is 11.3 Å². The predicted molar refractivity (Wildman–Crippen MR) is 73.2 cm³/mol. The molecule has 2 N–H and O–H groups in total. The summed E-state index contributed by atoms with van der Waals surface area (Å²) in [6.45, 7) is 0.403. The summed E-state index contributed by atoms with van der Waals surface area (Å²) in [4.78, 5) is 14.5. The van der Waals surface area contributed by atoms with Crippen LogP contribution in [0.2, 0.25) is 0 Å². The fraction of sp³-hybridized carbons (Fsp3) is 0.667. The van der Waals surface area contributed by atoms with Crippen LogP contribution in [0.1, 0.15) is 36.2 Å². The maximum atomic E-state index is 12.2. The Morgan fingerprint density at radius 1 is 1.45 bits per heavy atom. The molecule has 0 amide bonds. The monoisotopic (exact) mass is 316 g/mol. The third-order valence-corrected chi connectivity index (χ3v) is 7.19. The number of nitrogens with zero attached hydrogens (tertiary/aromatic N) is 1. The number of nitrogens with one attached hydrogen (secondary N) is 1. The molecule has 0 aromatic carbocycles. The summed E-state index contributed by atoms with van der Waals surface area (Å²) in [6, 6.07) is 0. The van der Waals surface area contributed by atoms with Crippen LogP contribution in [0.4, 0.5) is 0 Å². The maximum Gasteiger partial charge on any atom is 0.356 e. The molecule has 2 fully saturated rings. The Hall–Kier alpha value is -0.990. The Morgan fingerprint density at radius 2 is 2.25 bits per heavy atom. The van der Waals surface area contributed by atoms with Gasteiger partial charge in [-0.1, -0.05) is 6.42 Å². The summed E-state index contributed by atoms with van der Waals surface area (Å²) < 4.78 is 26.7. The topological polar surface area (TPSA) is 96.4 Å². The Balaban J connectivity index is 1.70. The fourth-order valence-electron chi connectivity index (χ4n) is 3.48. The number of sulfonamides is 1. The van der Waals surface area contributed by atoms with E-state index in [2.05, 4.69) is 9.71 Å². The highest BCUT2D eigenvalue weighted by molar-refractivity contribution is 7.91. The molecule has 8 heteroatoms. The zero-order valence-electron chi connectivity index (χ0n) is 10.8. The lowest BCUT2D eigenvalue weighted by molar-refractivity contribution is 0.0687. The molecule has 110 valence electrons. The molecule has 3 rings (SSSR count). The number of rotatable bonds is 5. The van der Waals surface area contributed by atoms with Gasteiger partial charge in [0.25, 0.3) is 10.0 Å². The summed E-state index contributed by atoms with van der Waals surface area (Å²) in [5, 5.41) is 8.94. The summed E-state index contributed by atoms with van der Waals surface area (Å²) in [5.41, 5.74) is 0.852. The molecule has 0 spiro atoms. The van der Waals surface area contributed by atoms with Gasteiger partial charge in [0.05, 0.1) is 5.51 Å². The van der Waals surface area contributed by atoms with Gasteiger partial charge < -0.3 is 5.11 Å². The molecular formula is C12H16N2O4S2. The van der Waals surface area contributed by atoms with Crippen LogP contribution in [0.3, 0.4) is 0 Å². The van der Waals surface area contributed by atoms with Crippen molar-refractivity contribution in [1.29, 1.82) is 0 Å². The van der Waals surface area contributed by atoms with E-state index in [4.69, 9.17) is 5.11 Å². The lowest BCUT2D eigenvalue weighted by Gasteiger charge is -2.21. The molecule has 3 unspecified atom stereocenters. The van der Waals surface area contributed by atoms with Crippen LogP contribution in [-0.2, 0) is 10.0 Å². The molecule has 2 saturated carbocycles. The van der Waals surface area contributed by atoms with Gasteiger partial charge in [0, 0.05) is 6.54 Å². The number of carboxylic acid groups (broad SMARTS) is 1. The van der Waals surface area contributed by atoms with Crippen LogP contribution in [-0.4, -0.2) is 31.0 Å². The zero-order chi connectivity index (χ0) is 14.3. The van der Waals surface area contributed by atoms with Crippen molar-refractivity contribution in [1.82, 2.24) is 9.71 Å². The van der Waals surface area contributed by atoms with Gasteiger partial charge in [-0.25, -0.2) is 22.9 Å². The standard InChI is InChI=1S/C12H16N2O4S2/c15-11(16)10-12(19-6-13-10)20(17,18)14-5-9-4-7-1-2-8(9)3-7/h6-9,14H,1-5H2,(H,15,16). The van der Waals surface area contributed by atoms with Gasteiger partial charge >= 0.3 is 5.97 Å². The molecule has 2 aliphatic rings. The molecule has 0 radical (unpaired) electrons. The Kier molecular flexibility index (Phi) is 3.55. The van der Waals surface area contributed by atoms with Gasteiger partial charge in [-0.2, -0.15) is 0 Å². The predicted octanol–water partition coefficient (Wildman–Crippen LogP) is 1.56. The number of hydrogen-bond acceptors (Lipinski definition) is 5. The quantitative estimate of drug-likeness (QED) is 0.859. The van der Waals surface area contributed by atoms with E-state index >= 15 is 0 Å². The summed E-state index contributed by atoms with van der Waals surface area (Å²) >= 11 is 0.840. The highest BCUT2D eigenvalue weighted by Crippen LogP contribution is 2.48. The summed E-state index contributed by atoms with van der Waals surface area (Å²) in [5.74, 6) is 0.465. The van der Waals surface area contributed by atoms with E-state index < -0.39 is 21.7 Å². The SMILES string of the molecule is O=C(O)c1ncsc1S(=O)(=O)NCC1CC2CCC1C2. The van der Waals surface area contributed by atoms with E-state index in [0.717, 1.165) is 23.7 Å². The van der Waals surface area contributed by atoms with E-state index in [9.17, 15) is 13.2 Å². The van der Waals surface area contributed by atoms with Gasteiger partial charge in [0.1, 0.15) is 0 Å². The van der Waals surface area contributed by atoms with Crippen molar-refractivity contribution in [3.05, 3.63) is 11.2 Å². The molecular weight excluding hydrogens is 300 g/mol. The molecule has 0 saturated heterocycles. The second kappa shape index (κ2) is 5.09. The average Bonchev–Trinajstić information content (AvgIpc) is 3.11. The normalized spacial score (nSPS) is 28.9. The van der Waals surface area contributed by atoms with Gasteiger partial charge in [-0.15, -0.1) is 11.3 Å². The maximum absolute atomic E-state index is 12.2. The van der Waals surface area contributed by atoms with Crippen LogP contribution in [0.25, 0.3) is 0 Å². The summed E-state index contributed by atoms with van der Waals surface area (Å²) in [6.07, 6.45) is 4.76. The Morgan fingerprint density at radius 3 is 2.85 bits per heavy atom. The molecule has 1 aromatic heterocycles. The van der Waals surface area contributed by atoms with Crippen molar-refractivity contribution in [2.24, 2.45) is 17.8 Å². The second-order valence-corrected chi connectivity index (χ2v) is 8.40. The number of aromatic carboxylic acids is 1. The average molecular weight is 316 g/mol. The van der Waals surface area contributed by atoms with Crippen LogP contribution < -0.4 is 4.72 Å². The lowest BCUT2D eigenvalue weighted by Crippen LogP contribution is -2.32. The number of carbonyl (C=O) groups is 1. The first-order valence-corrected chi connectivity index (χ1v) is 9.00. The van der Waals surface area contributed by atoms with E-state index in [1.807, 2.05) is 0 Å². The van der Waals surface area contributed by atoms with Crippen LogP contribution in [0.15, 0.2) is 9.72 Å². The Bertz CT molecular complexity index is 625. The molecule has 20 heavy (non-hydrogen) atoms. The minimum absolute atomic E-state index is 0.201. The van der Waals surface area contributed by atoms with E-state index in [-0.39, 0.29) is 4.21 Å². The third-order valence-electron chi connectivity index (χ3n) is 4.40. The zero-order valence-corrected chi connectivity index (χ0v) is 12.4. The van der Waals surface area contributed by atoms with Crippen molar-refractivity contribution in [3.8, 4) is 0 Å². The minimum atomic E-state index is -3.77. The highest BCUT2D eigenvalue weighted by Gasteiger charge is 2.40. The molecule has 2 bridgehead atoms. The molecule has 3 atom stereocenters. The molecule has 6 nitrogen and oxygen atoms in total. The van der Waals surface area contributed by atoms with Gasteiger partial charge in [0.15, 0.2) is 9.90 Å². The molecule has 2 aliphatic carbocycles. The molecule has 0 aliphatic heterocycles. The van der Waals surface area contributed by atoms with Crippen molar-refractivity contribution >= 4 is 27.3 Å². The number of thiazole rings is 1. The number of carboxylic acids is 1. The fourth-order valence-corrected chi connectivity index (χ4v) is 5.75. The largest absolute Gasteiger partial charge is 0.476 e. The first-order chi connectivity index (χ1) is 9.47. The molecule has 1 aromatic rings. The first kappa shape index (κ1) is 14.0. The van der Waals surface area contributed by atoms with Crippen molar-refractivity contribution in [3.63, 3.8) is 0 Å². The van der Waals surface area contributed by atoms with Crippen molar-refractivity contribution in [2.75, 3.05) is 6.54 Å². The van der Waals surface area contributed by atoms with Gasteiger partial charge in [0.2, 0.25) is 0 Å². The van der Waals surface area contributed by atoms with Crippen LogP contribution in [0, 0.1) is 17.8 Å². The van der Waals surface area contributed by atoms with E-state index in [1.165, 1.54) is 24.8 Å². The Labute approximate surface area is 121 Å². The first-order valence-electron chi connectivity index (χ1n) is 6.64. The van der Waals surface area contributed by atoms with Gasteiger partial charge in [-0.05, 0) is 37.0 Å². The minimum Gasteiger partial charge on any atom is -0.476 e. The second-order valence-electron chi connectivity index (χ2n) is 5.58. The highest BCUT2D eigenvalue weighted by atomic mass is 32.2. The van der Waals surface area contributed by atoms with Gasteiger partial charge in [-0.3, -0.25) is 0 Å². The van der Waals surface area contributed by atoms with Crippen molar-refractivity contribution < 1.29 is 18.3 Å².